The third kappa shape index (κ3) is 4.52. The highest BCUT2D eigenvalue weighted by molar-refractivity contribution is 5.78. The molecule has 0 radical (unpaired) electrons. The molecule has 1 saturated heterocycles. The Morgan fingerprint density at radius 1 is 1.31 bits per heavy atom. The van der Waals surface area contributed by atoms with E-state index in [4.69, 9.17) is 0 Å². The van der Waals surface area contributed by atoms with Gasteiger partial charge in [0.2, 0.25) is 5.91 Å². The summed E-state index contributed by atoms with van der Waals surface area (Å²) >= 11 is 0. The average Bonchev–Trinajstić information content (AvgIpc) is 2.38. The minimum absolute atomic E-state index is 0.0186. The first-order valence-corrected chi connectivity index (χ1v) is 6.44. The molecule has 3 heteroatoms. The van der Waals surface area contributed by atoms with Crippen molar-refractivity contribution in [1.29, 1.82) is 0 Å². The number of amides is 1. The summed E-state index contributed by atoms with van der Waals surface area (Å²) in [5.41, 5.74) is 0.0186. The van der Waals surface area contributed by atoms with Crippen molar-refractivity contribution in [2.45, 2.75) is 65.0 Å². The van der Waals surface area contributed by atoms with E-state index in [-0.39, 0.29) is 11.4 Å². The third-order valence-corrected chi connectivity index (χ3v) is 3.14. The Morgan fingerprint density at radius 3 is 2.62 bits per heavy atom. The largest absolute Gasteiger partial charge is 0.339 e. The van der Waals surface area contributed by atoms with Crippen LogP contribution in [0.1, 0.15) is 53.4 Å². The van der Waals surface area contributed by atoms with Gasteiger partial charge in [-0.15, -0.1) is 0 Å². The lowest BCUT2D eigenvalue weighted by Gasteiger charge is -2.29. The van der Waals surface area contributed by atoms with Gasteiger partial charge < -0.3 is 10.2 Å². The van der Waals surface area contributed by atoms with Gasteiger partial charge in [-0.2, -0.15) is 0 Å². The van der Waals surface area contributed by atoms with Gasteiger partial charge in [0.25, 0.3) is 0 Å². The van der Waals surface area contributed by atoms with Gasteiger partial charge in [-0.3, -0.25) is 4.79 Å². The molecule has 1 rings (SSSR count). The highest BCUT2D eigenvalue weighted by Gasteiger charge is 2.22. The topological polar surface area (TPSA) is 32.3 Å². The summed E-state index contributed by atoms with van der Waals surface area (Å²) in [5, 5.41) is 3.27. The van der Waals surface area contributed by atoms with Crippen LogP contribution in [0.4, 0.5) is 0 Å². The van der Waals surface area contributed by atoms with Crippen LogP contribution in [0, 0.1) is 0 Å². The normalized spacial score (nSPS) is 23.0. The van der Waals surface area contributed by atoms with Gasteiger partial charge in [0, 0.05) is 18.1 Å². The number of carbonyl (C=O) groups excluding carboxylic acids is 1. The van der Waals surface area contributed by atoms with Crippen molar-refractivity contribution in [2.24, 2.45) is 0 Å². The lowest BCUT2D eigenvalue weighted by Crippen LogP contribution is -2.47. The molecule has 94 valence electrons. The fourth-order valence-electron chi connectivity index (χ4n) is 2.09. The number of nitrogens with zero attached hydrogens (tertiary/aromatic N) is 1. The van der Waals surface area contributed by atoms with E-state index in [9.17, 15) is 4.79 Å². The molecule has 0 aliphatic carbocycles. The van der Waals surface area contributed by atoms with Crippen LogP contribution in [-0.4, -0.2) is 35.5 Å². The van der Waals surface area contributed by atoms with Crippen LogP contribution in [0.2, 0.25) is 0 Å². The smallest absolute Gasteiger partial charge is 0.236 e. The number of carbonyl (C=O) groups is 1. The second kappa shape index (κ2) is 5.67. The second-order valence-electron chi connectivity index (χ2n) is 5.89. The maximum absolute atomic E-state index is 12.1. The highest BCUT2D eigenvalue weighted by Crippen LogP contribution is 2.16. The Hall–Kier alpha value is -0.570. The summed E-state index contributed by atoms with van der Waals surface area (Å²) in [6, 6.07) is 0.414. The molecule has 1 atom stereocenters. The minimum Gasteiger partial charge on any atom is -0.339 e. The number of likely N-dealkylation sites (tertiary alicyclic amines) is 1. The Morgan fingerprint density at radius 2 is 2.00 bits per heavy atom. The Labute approximate surface area is 99.6 Å². The van der Waals surface area contributed by atoms with Crippen LogP contribution < -0.4 is 5.32 Å². The summed E-state index contributed by atoms with van der Waals surface area (Å²) in [7, 11) is 0. The summed E-state index contributed by atoms with van der Waals surface area (Å²) in [5.74, 6) is 0.254. The van der Waals surface area contributed by atoms with E-state index in [0.717, 1.165) is 19.4 Å². The maximum Gasteiger partial charge on any atom is 0.236 e. The molecule has 3 nitrogen and oxygen atoms in total. The summed E-state index contributed by atoms with van der Waals surface area (Å²) in [4.78, 5) is 14.1. The fourth-order valence-corrected chi connectivity index (χ4v) is 2.09. The summed E-state index contributed by atoms with van der Waals surface area (Å²) in [6.45, 7) is 9.84. The lowest BCUT2D eigenvalue weighted by atomic mass is 10.1. The van der Waals surface area contributed by atoms with Crippen molar-refractivity contribution < 1.29 is 4.79 Å². The monoisotopic (exact) mass is 226 g/mol. The van der Waals surface area contributed by atoms with E-state index in [1.54, 1.807) is 0 Å². The molecule has 1 aliphatic rings. The molecule has 16 heavy (non-hydrogen) atoms. The Kier molecular flexibility index (Phi) is 4.78. The van der Waals surface area contributed by atoms with Crippen LogP contribution in [0.25, 0.3) is 0 Å². The number of hydrogen-bond donors (Lipinski definition) is 1. The first-order chi connectivity index (χ1) is 7.40. The SMILES string of the molecule is CC1CCCCCN1C(=O)CNC(C)(C)C. The van der Waals surface area contributed by atoms with Crippen LogP contribution in [0.15, 0.2) is 0 Å². The van der Waals surface area contributed by atoms with E-state index >= 15 is 0 Å². The van der Waals surface area contributed by atoms with Crippen molar-refractivity contribution in [1.82, 2.24) is 10.2 Å². The van der Waals surface area contributed by atoms with Crippen LogP contribution in [-0.2, 0) is 4.79 Å². The van der Waals surface area contributed by atoms with Gasteiger partial charge in [0.05, 0.1) is 6.54 Å². The van der Waals surface area contributed by atoms with E-state index in [1.807, 2.05) is 4.90 Å². The van der Waals surface area contributed by atoms with Crippen molar-refractivity contribution in [3.8, 4) is 0 Å². The molecule has 1 amide bonds. The van der Waals surface area contributed by atoms with Crippen LogP contribution in [0.3, 0.4) is 0 Å². The van der Waals surface area contributed by atoms with Crippen molar-refractivity contribution in [3.05, 3.63) is 0 Å². The molecule has 1 unspecified atom stereocenters. The molecule has 0 saturated carbocycles. The van der Waals surface area contributed by atoms with Gasteiger partial charge in [0.1, 0.15) is 0 Å². The quantitative estimate of drug-likeness (QED) is 0.782. The number of nitrogens with one attached hydrogen (secondary N) is 1. The van der Waals surface area contributed by atoms with Crippen molar-refractivity contribution >= 4 is 5.91 Å². The average molecular weight is 226 g/mol. The first kappa shape index (κ1) is 13.5. The Balaban J connectivity index is 2.45. The zero-order chi connectivity index (χ0) is 12.2. The Bertz CT molecular complexity index is 233. The van der Waals surface area contributed by atoms with Crippen molar-refractivity contribution in [3.63, 3.8) is 0 Å². The molecule has 0 aromatic carbocycles. The summed E-state index contributed by atoms with van der Waals surface area (Å²) in [6.07, 6.45) is 4.84. The number of rotatable bonds is 2. The predicted octanol–water partition coefficient (Wildman–Crippen LogP) is 2.17. The fraction of sp³-hybridized carbons (Fsp3) is 0.923. The maximum atomic E-state index is 12.1. The van der Waals surface area contributed by atoms with Gasteiger partial charge in [-0.25, -0.2) is 0 Å². The molecule has 1 N–H and O–H groups in total. The number of hydrogen-bond acceptors (Lipinski definition) is 2. The molecular weight excluding hydrogens is 200 g/mol. The van der Waals surface area contributed by atoms with Crippen LogP contribution >= 0.6 is 0 Å². The van der Waals surface area contributed by atoms with E-state index in [1.165, 1.54) is 12.8 Å². The van der Waals surface area contributed by atoms with Gasteiger partial charge >= 0.3 is 0 Å². The molecule has 0 aromatic heterocycles. The summed E-state index contributed by atoms with van der Waals surface area (Å²) < 4.78 is 0. The molecule has 1 heterocycles. The molecule has 0 bridgehead atoms. The van der Waals surface area contributed by atoms with Gasteiger partial charge in [-0.05, 0) is 40.5 Å². The zero-order valence-corrected chi connectivity index (χ0v) is 11.2. The van der Waals surface area contributed by atoms with Gasteiger partial charge in [-0.1, -0.05) is 12.8 Å². The first-order valence-electron chi connectivity index (χ1n) is 6.44. The van der Waals surface area contributed by atoms with Crippen LogP contribution in [0.5, 0.6) is 0 Å². The zero-order valence-electron chi connectivity index (χ0n) is 11.2. The molecule has 0 spiro atoms. The predicted molar refractivity (Wildman–Crippen MR) is 67.4 cm³/mol. The van der Waals surface area contributed by atoms with E-state index < -0.39 is 0 Å². The molecule has 1 fully saturated rings. The van der Waals surface area contributed by atoms with E-state index in [0.29, 0.717) is 12.6 Å². The molecular formula is C13H26N2O. The minimum atomic E-state index is 0.0186. The lowest BCUT2D eigenvalue weighted by molar-refractivity contribution is -0.132. The van der Waals surface area contributed by atoms with Crippen molar-refractivity contribution in [2.75, 3.05) is 13.1 Å². The highest BCUT2D eigenvalue weighted by atomic mass is 16.2. The third-order valence-electron chi connectivity index (χ3n) is 3.14. The molecule has 1 aliphatic heterocycles. The second-order valence-corrected chi connectivity index (χ2v) is 5.89. The standard InChI is InChI=1S/C13H26N2O/c1-11-8-6-5-7-9-15(11)12(16)10-14-13(2,3)4/h11,14H,5-10H2,1-4H3. The molecule has 0 aromatic rings. The van der Waals surface area contributed by atoms with Gasteiger partial charge in [0.15, 0.2) is 0 Å². The van der Waals surface area contributed by atoms with E-state index in [2.05, 4.69) is 33.0 Å².